The van der Waals surface area contributed by atoms with E-state index in [2.05, 4.69) is 0 Å². The summed E-state index contributed by atoms with van der Waals surface area (Å²) in [5, 5.41) is 19.9. The third-order valence-corrected chi connectivity index (χ3v) is 4.12. The molecule has 0 unspecified atom stereocenters. The Labute approximate surface area is 136 Å². The number of rotatable bonds is 4. The van der Waals surface area contributed by atoms with Gasteiger partial charge in [0, 0.05) is 17.3 Å². The van der Waals surface area contributed by atoms with Gasteiger partial charge in [-0.2, -0.15) is 5.26 Å². The van der Waals surface area contributed by atoms with Crippen molar-refractivity contribution >= 4 is 11.6 Å². The van der Waals surface area contributed by atoms with Crippen molar-refractivity contribution < 1.29 is 5.11 Å². The average molecular weight is 332 g/mol. The largest absolute Gasteiger partial charge is 0.387 e. The van der Waals surface area contributed by atoms with E-state index in [1.165, 1.54) is 10.8 Å². The van der Waals surface area contributed by atoms with Gasteiger partial charge in [-0.15, -0.1) is 0 Å². The standard InChI is InChI=1S/C16H14ClN3O3/c17-12-3-1-10(2-4-12)14(21)9-20-15(22)11(7-18)8-19(16(20)23)13-5-6-13/h1-4,8,13-14,21H,5-6,9H2/t14-/m0/s1. The monoisotopic (exact) mass is 331 g/mol. The molecule has 0 spiro atoms. The molecule has 7 heteroatoms. The number of nitriles is 1. The van der Waals surface area contributed by atoms with Gasteiger partial charge in [-0.1, -0.05) is 23.7 Å². The van der Waals surface area contributed by atoms with Crippen LogP contribution in [0.5, 0.6) is 0 Å². The number of aliphatic hydroxyl groups excluding tert-OH is 1. The van der Waals surface area contributed by atoms with Crippen LogP contribution in [0, 0.1) is 11.3 Å². The Morgan fingerprint density at radius 1 is 1.30 bits per heavy atom. The molecule has 0 aliphatic heterocycles. The first-order chi connectivity index (χ1) is 11.0. The van der Waals surface area contributed by atoms with Gasteiger partial charge >= 0.3 is 5.69 Å². The van der Waals surface area contributed by atoms with E-state index in [1.807, 2.05) is 6.07 Å². The van der Waals surface area contributed by atoms with E-state index in [0.717, 1.165) is 17.4 Å². The van der Waals surface area contributed by atoms with E-state index in [0.29, 0.717) is 10.6 Å². The van der Waals surface area contributed by atoms with Crippen molar-refractivity contribution in [2.75, 3.05) is 0 Å². The summed E-state index contributed by atoms with van der Waals surface area (Å²) in [6, 6.07) is 8.36. The molecule has 1 saturated carbocycles. The summed E-state index contributed by atoms with van der Waals surface area (Å²) in [5.41, 5.74) is -0.729. The van der Waals surface area contributed by atoms with Crippen LogP contribution in [0.4, 0.5) is 0 Å². The van der Waals surface area contributed by atoms with Crippen molar-refractivity contribution in [1.82, 2.24) is 9.13 Å². The normalized spacial score (nSPS) is 15.2. The molecule has 0 saturated heterocycles. The number of hydrogen-bond acceptors (Lipinski definition) is 4. The highest BCUT2D eigenvalue weighted by molar-refractivity contribution is 6.30. The minimum Gasteiger partial charge on any atom is -0.387 e. The van der Waals surface area contributed by atoms with Gasteiger partial charge in [-0.25, -0.2) is 4.79 Å². The molecule has 0 radical (unpaired) electrons. The second-order valence-corrected chi connectivity index (χ2v) is 6.00. The van der Waals surface area contributed by atoms with E-state index in [4.69, 9.17) is 16.9 Å². The summed E-state index contributed by atoms with van der Waals surface area (Å²) < 4.78 is 2.34. The van der Waals surface area contributed by atoms with Gasteiger partial charge < -0.3 is 5.11 Å². The van der Waals surface area contributed by atoms with Gasteiger partial charge in [0.05, 0.1) is 12.6 Å². The predicted molar refractivity (Wildman–Crippen MR) is 84.4 cm³/mol. The highest BCUT2D eigenvalue weighted by atomic mass is 35.5. The van der Waals surface area contributed by atoms with Crippen LogP contribution in [0.15, 0.2) is 40.1 Å². The quantitative estimate of drug-likeness (QED) is 0.921. The fourth-order valence-corrected chi connectivity index (χ4v) is 2.56. The molecule has 1 N–H and O–H groups in total. The van der Waals surface area contributed by atoms with Gasteiger partial charge in [-0.05, 0) is 30.5 Å². The molecule has 1 heterocycles. The lowest BCUT2D eigenvalue weighted by Gasteiger charge is -2.14. The molecule has 1 aliphatic carbocycles. The smallest absolute Gasteiger partial charge is 0.331 e. The van der Waals surface area contributed by atoms with Crippen molar-refractivity contribution in [1.29, 1.82) is 5.26 Å². The van der Waals surface area contributed by atoms with Gasteiger partial charge in [0.15, 0.2) is 0 Å². The lowest BCUT2D eigenvalue weighted by atomic mass is 10.1. The van der Waals surface area contributed by atoms with Crippen molar-refractivity contribution in [2.45, 2.75) is 31.5 Å². The molecular weight excluding hydrogens is 318 g/mol. The van der Waals surface area contributed by atoms with Crippen molar-refractivity contribution in [2.24, 2.45) is 0 Å². The maximum Gasteiger partial charge on any atom is 0.331 e. The molecule has 1 atom stereocenters. The van der Waals surface area contributed by atoms with Crippen molar-refractivity contribution in [3.8, 4) is 6.07 Å². The molecule has 6 nitrogen and oxygen atoms in total. The third-order valence-electron chi connectivity index (χ3n) is 3.87. The Bertz CT molecular complexity index is 889. The van der Waals surface area contributed by atoms with Crippen LogP contribution in [0.1, 0.15) is 36.1 Å². The first kappa shape index (κ1) is 15.5. The third kappa shape index (κ3) is 3.07. The summed E-state index contributed by atoms with van der Waals surface area (Å²) in [6.45, 7) is -0.207. The summed E-state index contributed by atoms with van der Waals surface area (Å²) in [5.74, 6) is 0. The number of benzene rings is 1. The van der Waals surface area contributed by atoms with Crippen LogP contribution >= 0.6 is 11.6 Å². The number of aliphatic hydroxyl groups is 1. The van der Waals surface area contributed by atoms with Crippen LogP contribution in [0.2, 0.25) is 5.02 Å². The number of halogens is 1. The highest BCUT2D eigenvalue weighted by Crippen LogP contribution is 2.33. The molecule has 0 amide bonds. The molecule has 1 aromatic carbocycles. The molecule has 2 aromatic rings. The second kappa shape index (κ2) is 6.03. The van der Waals surface area contributed by atoms with Crippen LogP contribution in [0.25, 0.3) is 0 Å². The van der Waals surface area contributed by atoms with E-state index in [1.54, 1.807) is 24.3 Å². The number of hydrogen-bond donors (Lipinski definition) is 1. The van der Waals surface area contributed by atoms with Gasteiger partial charge in [0.1, 0.15) is 11.6 Å². The van der Waals surface area contributed by atoms with Crippen LogP contribution in [-0.2, 0) is 6.54 Å². The second-order valence-electron chi connectivity index (χ2n) is 5.56. The Balaban J connectivity index is 2.00. The topological polar surface area (TPSA) is 88.0 Å². The zero-order chi connectivity index (χ0) is 16.6. The minimum atomic E-state index is -1.04. The van der Waals surface area contributed by atoms with Crippen molar-refractivity contribution in [3.63, 3.8) is 0 Å². The molecule has 1 aromatic heterocycles. The van der Waals surface area contributed by atoms with Crippen LogP contribution in [0.3, 0.4) is 0 Å². The SMILES string of the molecule is N#Cc1cn(C2CC2)c(=O)n(C[C@H](O)c2ccc(Cl)cc2)c1=O. The Hall–Kier alpha value is -2.36. The van der Waals surface area contributed by atoms with E-state index in [-0.39, 0.29) is 18.2 Å². The highest BCUT2D eigenvalue weighted by Gasteiger charge is 2.27. The molecular formula is C16H14ClN3O3. The molecule has 1 aliphatic rings. The minimum absolute atomic E-state index is 0.0362. The zero-order valence-corrected chi connectivity index (χ0v) is 12.9. The summed E-state index contributed by atoms with van der Waals surface area (Å²) in [4.78, 5) is 24.7. The van der Waals surface area contributed by atoms with Crippen molar-refractivity contribution in [3.05, 3.63) is 67.4 Å². The predicted octanol–water partition coefficient (Wildman–Crippen LogP) is 1.60. The van der Waals surface area contributed by atoms with Gasteiger partial charge in [0.2, 0.25) is 0 Å². The summed E-state index contributed by atoms with van der Waals surface area (Å²) >= 11 is 5.80. The average Bonchev–Trinajstić information content (AvgIpc) is 3.37. The fraction of sp³-hybridized carbons (Fsp3) is 0.312. The van der Waals surface area contributed by atoms with Gasteiger partial charge in [0.25, 0.3) is 5.56 Å². The maximum atomic E-state index is 12.4. The zero-order valence-electron chi connectivity index (χ0n) is 12.1. The van der Waals surface area contributed by atoms with E-state index < -0.39 is 17.4 Å². The van der Waals surface area contributed by atoms with E-state index >= 15 is 0 Å². The van der Waals surface area contributed by atoms with Gasteiger partial charge in [-0.3, -0.25) is 13.9 Å². The Morgan fingerprint density at radius 2 is 1.96 bits per heavy atom. The molecule has 23 heavy (non-hydrogen) atoms. The molecule has 3 rings (SSSR count). The lowest BCUT2D eigenvalue weighted by Crippen LogP contribution is -2.41. The van der Waals surface area contributed by atoms with E-state index in [9.17, 15) is 14.7 Å². The first-order valence-corrected chi connectivity index (χ1v) is 7.58. The van der Waals surface area contributed by atoms with Crippen LogP contribution in [-0.4, -0.2) is 14.2 Å². The number of nitrogens with zero attached hydrogens (tertiary/aromatic N) is 3. The Morgan fingerprint density at radius 3 is 2.52 bits per heavy atom. The summed E-state index contributed by atoms with van der Waals surface area (Å²) in [6.07, 6.45) is 1.97. The maximum absolute atomic E-state index is 12.4. The van der Waals surface area contributed by atoms with Crippen LogP contribution < -0.4 is 11.2 Å². The molecule has 0 bridgehead atoms. The number of aromatic nitrogens is 2. The molecule has 118 valence electrons. The first-order valence-electron chi connectivity index (χ1n) is 7.21. The Kier molecular flexibility index (Phi) is 4.07. The summed E-state index contributed by atoms with van der Waals surface area (Å²) in [7, 11) is 0. The molecule has 1 fully saturated rings. The lowest BCUT2D eigenvalue weighted by molar-refractivity contribution is 0.152. The fourth-order valence-electron chi connectivity index (χ4n) is 2.44.